The van der Waals surface area contributed by atoms with Crippen molar-refractivity contribution in [1.29, 1.82) is 0 Å². The molecule has 71 valence electrons. The summed E-state index contributed by atoms with van der Waals surface area (Å²) >= 11 is 0. The Bertz CT molecular complexity index is 295. The quantitative estimate of drug-likeness (QED) is 0.732. The molecular formula is C8H12N3O2. The zero-order valence-electron chi connectivity index (χ0n) is 7.65. The number of rotatable bonds is 4. The van der Waals surface area contributed by atoms with E-state index in [2.05, 4.69) is 10.2 Å². The van der Waals surface area contributed by atoms with Gasteiger partial charge in [-0.3, -0.25) is 4.79 Å². The monoisotopic (exact) mass is 182 g/mol. The van der Waals surface area contributed by atoms with E-state index in [0.717, 1.165) is 0 Å². The lowest BCUT2D eigenvalue weighted by Crippen LogP contribution is -2.20. The third-order valence-corrected chi connectivity index (χ3v) is 1.67. The van der Waals surface area contributed by atoms with Crippen LogP contribution in [0.1, 0.15) is 25.1 Å². The second-order valence-corrected chi connectivity index (χ2v) is 2.90. The van der Waals surface area contributed by atoms with E-state index in [4.69, 9.17) is 10.2 Å². The van der Waals surface area contributed by atoms with E-state index in [1.165, 1.54) is 0 Å². The van der Waals surface area contributed by atoms with Crippen LogP contribution in [0.15, 0.2) is 4.42 Å². The predicted molar refractivity (Wildman–Crippen MR) is 45.4 cm³/mol. The van der Waals surface area contributed by atoms with Crippen LogP contribution in [0.5, 0.6) is 0 Å². The maximum atomic E-state index is 10.7. The molecule has 13 heavy (non-hydrogen) atoms. The lowest BCUT2D eigenvalue weighted by molar-refractivity contribution is -0.121. The Hall–Kier alpha value is -1.39. The fourth-order valence-corrected chi connectivity index (χ4v) is 0.788. The maximum Gasteiger partial charge on any atom is 0.220 e. The first kappa shape index (κ1) is 9.70. The Morgan fingerprint density at radius 1 is 1.69 bits per heavy atom. The molecule has 1 heterocycles. The van der Waals surface area contributed by atoms with E-state index in [0.29, 0.717) is 18.2 Å². The van der Waals surface area contributed by atoms with Gasteiger partial charge in [0.1, 0.15) is 0 Å². The summed E-state index contributed by atoms with van der Waals surface area (Å²) in [6.45, 7) is 3.46. The molecule has 0 aliphatic heterocycles. The molecule has 0 aromatic carbocycles. The Morgan fingerprint density at radius 2 is 2.38 bits per heavy atom. The number of hydrogen-bond donors (Lipinski definition) is 1. The summed E-state index contributed by atoms with van der Waals surface area (Å²) in [6, 6.07) is 0. The van der Waals surface area contributed by atoms with Gasteiger partial charge in [0.05, 0.1) is 0 Å². The second-order valence-electron chi connectivity index (χ2n) is 2.90. The van der Waals surface area contributed by atoms with Crippen LogP contribution in [-0.4, -0.2) is 16.1 Å². The van der Waals surface area contributed by atoms with Gasteiger partial charge in [-0.25, -0.2) is 0 Å². The molecule has 0 saturated carbocycles. The van der Waals surface area contributed by atoms with Crippen molar-refractivity contribution in [1.82, 2.24) is 10.2 Å². The minimum Gasteiger partial charge on any atom is -0.425 e. The smallest absolute Gasteiger partial charge is 0.220 e. The van der Waals surface area contributed by atoms with Crippen molar-refractivity contribution in [2.75, 3.05) is 0 Å². The van der Waals surface area contributed by atoms with Gasteiger partial charge in [-0.05, 0) is 6.42 Å². The molecule has 1 aromatic rings. The molecule has 0 spiro atoms. The third-order valence-electron chi connectivity index (χ3n) is 1.67. The summed E-state index contributed by atoms with van der Waals surface area (Å²) < 4.78 is 5.08. The summed E-state index contributed by atoms with van der Waals surface area (Å²) in [7, 11) is 0. The predicted octanol–water partition coefficient (Wildman–Crippen LogP) is 0.442. The highest BCUT2D eigenvalue weighted by Gasteiger charge is 2.11. The van der Waals surface area contributed by atoms with Gasteiger partial charge in [-0.2, -0.15) is 0 Å². The molecule has 0 fully saturated rings. The first-order valence-corrected chi connectivity index (χ1v) is 4.02. The van der Waals surface area contributed by atoms with Crippen LogP contribution in [-0.2, 0) is 4.79 Å². The Morgan fingerprint density at radius 3 is 2.85 bits per heavy atom. The van der Waals surface area contributed by atoms with Crippen LogP contribution >= 0.6 is 0 Å². The van der Waals surface area contributed by atoms with Crippen LogP contribution in [0, 0.1) is 19.3 Å². The van der Waals surface area contributed by atoms with Gasteiger partial charge in [0.25, 0.3) is 0 Å². The Labute approximate surface area is 76.3 Å². The largest absolute Gasteiger partial charge is 0.425 e. The Kier molecular flexibility index (Phi) is 3.00. The maximum absolute atomic E-state index is 10.7. The van der Waals surface area contributed by atoms with Crippen LogP contribution < -0.4 is 5.73 Å². The zero-order valence-corrected chi connectivity index (χ0v) is 7.65. The molecule has 0 saturated heterocycles. The van der Waals surface area contributed by atoms with Gasteiger partial charge in [0.15, 0.2) is 0 Å². The molecule has 1 unspecified atom stereocenters. The molecule has 1 atom stereocenters. The van der Waals surface area contributed by atoms with E-state index in [9.17, 15) is 4.79 Å². The van der Waals surface area contributed by atoms with Crippen molar-refractivity contribution in [3.63, 3.8) is 0 Å². The van der Waals surface area contributed by atoms with E-state index in [1.807, 2.05) is 0 Å². The molecule has 0 bridgehead atoms. The minimum absolute atomic E-state index is 0.202. The van der Waals surface area contributed by atoms with Crippen molar-refractivity contribution in [2.45, 2.75) is 20.3 Å². The number of carbonyl (C=O) groups excluding carboxylic acids is 1. The summed E-state index contributed by atoms with van der Waals surface area (Å²) in [5.74, 6) is 0.420. The normalized spacial score (nSPS) is 12.8. The second kappa shape index (κ2) is 4.02. The highest BCUT2D eigenvalue weighted by molar-refractivity contribution is 5.76. The van der Waals surface area contributed by atoms with Crippen LogP contribution in [0.4, 0.5) is 0 Å². The van der Waals surface area contributed by atoms with Crippen LogP contribution in [0.25, 0.3) is 0 Å². The number of carbonyl (C=O) groups is 1. The van der Waals surface area contributed by atoms with Crippen molar-refractivity contribution >= 4 is 5.91 Å². The van der Waals surface area contributed by atoms with Crippen molar-refractivity contribution in [2.24, 2.45) is 11.7 Å². The highest BCUT2D eigenvalue weighted by Crippen LogP contribution is 2.09. The summed E-state index contributed by atoms with van der Waals surface area (Å²) in [5, 5.41) is 7.40. The molecule has 1 aromatic heterocycles. The van der Waals surface area contributed by atoms with Crippen molar-refractivity contribution in [3.05, 3.63) is 18.2 Å². The van der Waals surface area contributed by atoms with Crippen molar-refractivity contribution < 1.29 is 9.21 Å². The summed E-state index contributed by atoms with van der Waals surface area (Å²) in [4.78, 5) is 10.7. The number of aryl methyl sites for hydroxylation is 1. The van der Waals surface area contributed by atoms with Gasteiger partial charge in [-0.15, -0.1) is 10.2 Å². The highest BCUT2D eigenvalue weighted by atomic mass is 16.4. The summed E-state index contributed by atoms with van der Waals surface area (Å²) in [5.41, 5.74) is 5.08. The molecule has 2 N–H and O–H groups in total. The van der Waals surface area contributed by atoms with Gasteiger partial charge in [-0.1, -0.05) is 6.92 Å². The number of nitrogens with zero attached hydrogens (tertiary/aromatic N) is 2. The number of amides is 1. The SMILES string of the molecule is Cc1nnc([CH]CC(C)C(N)=O)o1. The van der Waals surface area contributed by atoms with Crippen molar-refractivity contribution in [3.8, 4) is 0 Å². The van der Waals surface area contributed by atoms with Gasteiger partial charge < -0.3 is 10.2 Å². The van der Waals surface area contributed by atoms with Gasteiger partial charge in [0, 0.05) is 19.3 Å². The standard InChI is InChI=1S/C8H12N3O2/c1-5(8(9)12)3-4-7-11-10-6(2)13-7/h4-5H,3H2,1-2H3,(H2,9,12). The molecule has 5 nitrogen and oxygen atoms in total. The molecule has 1 amide bonds. The van der Waals surface area contributed by atoms with E-state index in [1.54, 1.807) is 20.3 Å². The number of primary amides is 1. The average molecular weight is 182 g/mol. The molecule has 1 radical (unpaired) electrons. The fraction of sp³-hybridized carbons (Fsp3) is 0.500. The first-order chi connectivity index (χ1) is 6.09. The number of hydrogen-bond acceptors (Lipinski definition) is 4. The molecule has 0 aliphatic rings. The fourth-order valence-electron chi connectivity index (χ4n) is 0.788. The van der Waals surface area contributed by atoms with E-state index in [-0.39, 0.29) is 11.8 Å². The number of aromatic nitrogens is 2. The molecular weight excluding hydrogens is 170 g/mol. The van der Waals surface area contributed by atoms with E-state index < -0.39 is 0 Å². The average Bonchev–Trinajstić information content (AvgIpc) is 2.47. The molecule has 5 heteroatoms. The summed E-state index contributed by atoms with van der Waals surface area (Å²) in [6.07, 6.45) is 2.23. The topological polar surface area (TPSA) is 82.0 Å². The lowest BCUT2D eigenvalue weighted by atomic mass is 10.1. The number of nitrogens with two attached hydrogens (primary N) is 1. The minimum atomic E-state index is -0.326. The molecule has 1 rings (SSSR count). The van der Waals surface area contributed by atoms with Crippen LogP contribution in [0.2, 0.25) is 0 Å². The van der Waals surface area contributed by atoms with E-state index >= 15 is 0 Å². The molecule has 0 aliphatic carbocycles. The lowest BCUT2D eigenvalue weighted by Gasteiger charge is -2.02. The third kappa shape index (κ3) is 2.85. The van der Waals surface area contributed by atoms with Crippen LogP contribution in [0.3, 0.4) is 0 Å². The zero-order chi connectivity index (χ0) is 9.84. The van der Waals surface area contributed by atoms with Gasteiger partial charge in [0.2, 0.25) is 17.7 Å². The Balaban J connectivity index is 2.39. The first-order valence-electron chi connectivity index (χ1n) is 4.02. The van der Waals surface area contributed by atoms with Gasteiger partial charge >= 0.3 is 0 Å².